The number of hydrogen-bond acceptors (Lipinski definition) is 5. The molecule has 1 unspecified atom stereocenters. The molecule has 2 aliphatic rings. The number of imidazole rings is 1. The Bertz CT molecular complexity index is 1450. The number of ether oxygens (including phenoxy) is 2. The molecule has 2 N–H and O–H groups in total. The van der Waals surface area contributed by atoms with E-state index >= 15 is 0 Å². The summed E-state index contributed by atoms with van der Waals surface area (Å²) in [6.07, 6.45) is 1.91. The summed E-state index contributed by atoms with van der Waals surface area (Å²) in [4.78, 5) is 29.7. The largest absolute Gasteiger partial charge is 0.457 e. The summed E-state index contributed by atoms with van der Waals surface area (Å²) in [6, 6.07) is 24.3. The van der Waals surface area contributed by atoms with Gasteiger partial charge in [-0.2, -0.15) is 0 Å². The lowest BCUT2D eigenvalue weighted by atomic mass is 10.0. The molecule has 0 aliphatic carbocycles. The predicted molar refractivity (Wildman–Crippen MR) is 141 cm³/mol. The number of carbonyl (C=O) groups is 1. The second kappa shape index (κ2) is 10.1. The molecule has 1 amide bonds. The van der Waals surface area contributed by atoms with Crippen LogP contribution in [0.1, 0.15) is 30.0 Å². The van der Waals surface area contributed by atoms with E-state index in [9.17, 15) is 9.59 Å². The van der Waals surface area contributed by atoms with Crippen LogP contribution in [0.15, 0.2) is 77.6 Å². The highest BCUT2D eigenvalue weighted by Gasteiger charge is 2.25. The molecule has 0 bridgehead atoms. The molecule has 37 heavy (non-hydrogen) atoms. The van der Waals surface area contributed by atoms with Crippen molar-refractivity contribution in [1.82, 2.24) is 19.8 Å². The number of para-hydroxylation sites is 1. The van der Waals surface area contributed by atoms with Crippen LogP contribution >= 0.6 is 0 Å². The molecule has 0 saturated carbocycles. The van der Waals surface area contributed by atoms with Gasteiger partial charge in [0.05, 0.1) is 17.6 Å². The fourth-order valence-corrected chi connectivity index (χ4v) is 5.40. The Morgan fingerprint density at radius 1 is 0.892 bits per heavy atom. The van der Waals surface area contributed by atoms with E-state index in [1.807, 2.05) is 65.2 Å². The van der Waals surface area contributed by atoms with Crippen molar-refractivity contribution in [2.24, 2.45) is 0 Å². The number of aromatic nitrogens is 2. The number of cyclic esters (lactones) is 1. The molecule has 2 saturated heterocycles. The molecule has 0 radical (unpaired) electrons. The summed E-state index contributed by atoms with van der Waals surface area (Å²) >= 11 is 0. The third-order valence-electron chi connectivity index (χ3n) is 7.20. The summed E-state index contributed by atoms with van der Waals surface area (Å²) in [5.74, 6) is 1.67. The molecule has 190 valence electrons. The molecule has 8 heteroatoms. The minimum Gasteiger partial charge on any atom is -0.457 e. The molecule has 0 spiro atoms. The van der Waals surface area contributed by atoms with E-state index in [-0.39, 0.29) is 23.9 Å². The Morgan fingerprint density at radius 3 is 2.49 bits per heavy atom. The summed E-state index contributed by atoms with van der Waals surface area (Å²) in [6.45, 7) is 3.21. The van der Waals surface area contributed by atoms with E-state index in [1.165, 1.54) is 5.56 Å². The number of nitrogens with one attached hydrogen (secondary N) is 2. The average molecular weight is 499 g/mol. The minimum atomic E-state index is -0.370. The van der Waals surface area contributed by atoms with Crippen molar-refractivity contribution >= 4 is 17.1 Å². The number of benzene rings is 3. The van der Waals surface area contributed by atoms with Crippen molar-refractivity contribution in [3.63, 3.8) is 0 Å². The third-order valence-corrected chi connectivity index (χ3v) is 7.20. The Labute approximate surface area is 214 Å². The van der Waals surface area contributed by atoms with E-state index in [4.69, 9.17) is 9.47 Å². The maximum atomic E-state index is 12.9. The lowest BCUT2D eigenvalue weighted by Gasteiger charge is -2.32. The fourth-order valence-electron chi connectivity index (χ4n) is 5.40. The van der Waals surface area contributed by atoms with Crippen LogP contribution < -0.4 is 15.7 Å². The van der Waals surface area contributed by atoms with Crippen LogP contribution in [0, 0.1) is 0 Å². The zero-order valence-corrected chi connectivity index (χ0v) is 20.6. The van der Waals surface area contributed by atoms with Crippen LogP contribution in [0.2, 0.25) is 0 Å². The zero-order valence-electron chi connectivity index (χ0n) is 20.6. The molecule has 2 fully saturated rings. The monoisotopic (exact) mass is 498 g/mol. The van der Waals surface area contributed by atoms with E-state index < -0.39 is 0 Å². The Morgan fingerprint density at radius 2 is 1.70 bits per heavy atom. The lowest BCUT2D eigenvalue weighted by molar-refractivity contribution is 0.140. The number of likely N-dealkylation sites (tertiary alicyclic amines) is 1. The van der Waals surface area contributed by atoms with Gasteiger partial charge in [-0.25, -0.2) is 9.59 Å². The van der Waals surface area contributed by atoms with Gasteiger partial charge in [0.1, 0.15) is 17.6 Å². The van der Waals surface area contributed by atoms with Crippen molar-refractivity contribution in [2.75, 3.05) is 19.6 Å². The SMILES string of the molecule is O=C1NCC(Cc2ccc3c(c2)[nH]c(=O)n3C2CCN(Cc3cccc(Oc4ccccc4)c3)CC2)O1. The number of amides is 1. The highest BCUT2D eigenvalue weighted by molar-refractivity contribution is 5.76. The molecule has 3 heterocycles. The molecule has 3 aromatic carbocycles. The quantitative estimate of drug-likeness (QED) is 0.389. The van der Waals surface area contributed by atoms with Gasteiger partial charge in [0, 0.05) is 32.1 Å². The topological polar surface area (TPSA) is 88.6 Å². The first kappa shape index (κ1) is 23.4. The van der Waals surface area contributed by atoms with Crippen molar-refractivity contribution in [3.05, 3.63) is 94.4 Å². The second-order valence-corrected chi connectivity index (χ2v) is 9.83. The van der Waals surface area contributed by atoms with Gasteiger partial charge in [0.25, 0.3) is 0 Å². The van der Waals surface area contributed by atoms with Gasteiger partial charge >= 0.3 is 11.8 Å². The van der Waals surface area contributed by atoms with Crippen molar-refractivity contribution in [3.8, 4) is 11.5 Å². The molecular formula is C29H30N4O4. The first-order valence-corrected chi connectivity index (χ1v) is 12.8. The first-order chi connectivity index (χ1) is 18.1. The number of aromatic amines is 1. The van der Waals surface area contributed by atoms with Gasteiger partial charge in [0.2, 0.25) is 0 Å². The molecule has 6 rings (SSSR count). The van der Waals surface area contributed by atoms with Gasteiger partial charge in [-0.1, -0.05) is 36.4 Å². The van der Waals surface area contributed by atoms with Gasteiger partial charge in [-0.3, -0.25) is 9.47 Å². The average Bonchev–Trinajstić information content (AvgIpc) is 3.46. The van der Waals surface area contributed by atoms with Gasteiger partial charge in [-0.15, -0.1) is 0 Å². The second-order valence-electron chi connectivity index (χ2n) is 9.83. The van der Waals surface area contributed by atoms with E-state index in [0.29, 0.717) is 13.0 Å². The van der Waals surface area contributed by atoms with Crippen molar-refractivity contribution < 1.29 is 14.3 Å². The smallest absolute Gasteiger partial charge is 0.407 e. The number of fused-ring (bicyclic) bond motifs is 1. The maximum absolute atomic E-state index is 12.9. The summed E-state index contributed by atoms with van der Waals surface area (Å²) in [5.41, 5.74) is 3.95. The van der Waals surface area contributed by atoms with Crippen LogP contribution in [0.4, 0.5) is 4.79 Å². The first-order valence-electron chi connectivity index (χ1n) is 12.8. The van der Waals surface area contributed by atoms with Crippen LogP contribution in [0.25, 0.3) is 11.0 Å². The summed E-state index contributed by atoms with van der Waals surface area (Å²) in [5, 5.41) is 2.68. The van der Waals surface area contributed by atoms with Crippen LogP contribution in [0.5, 0.6) is 11.5 Å². The number of H-pyrrole nitrogens is 1. The molecular weight excluding hydrogens is 468 g/mol. The third kappa shape index (κ3) is 5.24. The highest BCUT2D eigenvalue weighted by atomic mass is 16.6. The number of alkyl carbamates (subject to hydrolysis) is 1. The number of hydrogen-bond donors (Lipinski definition) is 2. The standard InChI is InChI=1S/C29H30N4O4/c34-28-31-26-17-20(15-25-18-30-29(35)37-25)9-10-27(26)33(28)22-11-13-32(14-12-22)19-21-5-4-8-24(16-21)36-23-6-2-1-3-7-23/h1-10,16-17,22,25H,11-15,18-19H2,(H,30,35)(H,31,34). The zero-order chi connectivity index (χ0) is 25.2. The number of piperidine rings is 1. The predicted octanol–water partition coefficient (Wildman–Crippen LogP) is 4.61. The Kier molecular flexibility index (Phi) is 6.40. The summed E-state index contributed by atoms with van der Waals surface area (Å²) in [7, 11) is 0. The maximum Gasteiger partial charge on any atom is 0.407 e. The fraction of sp³-hybridized carbons (Fsp3) is 0.310. The van der Waals surface area contributed by atoms with Crippen LogP contribution in [-0.4, -0.2) is 46.3 Å². The van der Waals surface area contributed by atoms with Crippen molar-refractivity contribution in [1.29, 1.82) is 0 Å². The molecule has 1 aromatic heterocycles. The molecule has 8 nitrogen and oxygen atoms in total. The number of rotatable bonds is 7. The van der Waals surface area contributed by atoms with Crippen molar-refractivity contribution in [2.45, 2.75) is 38.0 Å². The Balaban J connectivity index is 1.09. The normalized spacial score (nSPS) is 18.6. The van der Waals surface area contributed by atoms with Gasteiger partial charge < -0.3 is 19.8 Å². The number of carbonyl (C=O) groups excluding carboxylic acids is 1. The van der Waals surface area contributed by atoms with Gasteiger partial charge in [-0.05, 0) is 60.4 Å². The van der Waals surface area contributed by atoms with E-state index in [1.54, 1.807) is 0 Å². The Hall–Kier alpha value is -4.04. The highest BCUT2D eigenvalue weighted by Crippen LogP contribution is 2.28. The van der Waals surface area contributed by atoms with Crippen LogP contribution in [0.3, 0.4) is 0 Å². The minimum absolute atomic E-state index is 0.0645. The van der Waals surface area contributed by atoms with E-state index in [0.717, 1.165) is 60.6 Å². The molecule has 1 atom stereocenters. The summed E-state index contributed by atoms with van der Waals surface area (Å²) < 4.78 is 13.2. The van der Waals surface area contributed by atoms with Crippen LogP contribution in [-0.2, 0) is 17.7 Å². The molecule has 4 aromatic rings. The lowest BCUT2D eigenvalue weighted by Crippen LogP contribution is -2.36. The molecule has 2 aliphatic heterocycles. The van der Waals surface area contributed by atoms with Gasteiger partial charge in [0.15, 0.2) is 0 Å². The number of nitrogens with zero attached hydrogens (tertiary/aromatic N) is 2. The van der Waals surface area contributed by atoms with E-state index in [2.05, 4.69) is 27.3 Å².